The zero-order valence-corrected chi connectivity index (χ0v) is 18.2. The highest BCUT2D eigenvalue weighted by Gasteiger charge is 2.37. The minimum absolute atomic E-state index is 0.134. The number of halogens is 2. The van der Waals surface area contributed by atoms with Gasteiger partial charge in [0.1, 0.15) is 0 Å². The van der Waals surface area contributed by atoms with Crippen molar-refractivity contribution in [2.45, 2.75) is 50.1 Å². The molecule has 2 heterocycles. The van der Waals surface area contributed by atoms with E-state index in [-0.39, 0.29) is 11.9 Å². The number of nitrogens with zero attached hydrogens (tertiary/aromatic N) is 2. The van der Waals surface area contributed by atoms with Crippen LogP contribution in [0.3, 0.4) is 0 Å². The minimum atomic E-state index is 0.134. The molecule has 3 atom stereocenters. The Hall–Kier alpha value is -1.55. The molecule has 2 aromatic rings. The average molecular weight is 431 g/mol. The maximum absolute atomic E-state index is 12.9. The molecule has 2 aromatic carbocycles. The molecule has 29 heavy (non-hydrogen) atoms. The van der Waals surface area contributed by atoms with E-state index in [0.717, 1.165) is 49.5 Å². The van der Waals surface area contributed by atoms with E-state index in [2.05, 4.69) is 17.0 Å². The lowest BCUT2D eigenvalue weighted by atomic mass is 9.82. The van der Waals surface area contributed by atoms with Crippen LogP contribution in [0.15, 0.2) is 54.6 Å². The third-order valence-corrected chi connectivity index (χ3v) is 6.97. The minimum Gasteiger partial charge on any atom is -0.309 e. The fourth-order valence-corrected chi connectivity index (χ4v) is 5.48. The molecule has 2 aliphatic rings. The third kappa shape index (κ3) is 4.63. The number of alkyl halides is 1. The standard InChI is InChI=1S/C24H28Cl2N2O/c25-14-12-24(29)28(19-6-2-1-3-7-19)21-13-15-27-17-18(10-11-20(27)16-21)22-8-4-5-9-23(22)26/h1-9,18,20-21H,10-17H2/t18-,20+,21+/m0/s1. The summed E-state index contributed by atoms with van der Waals surface area (Å²) in [5, 5.41) is 0.882. The zero-order valence-electron chi connectivity index (χ0n) is 16.6. The van der Waals surface area contributed by atoms with Gasteiger partial charge in [-0.25, -0.2) is 0 Å². The molecule has 0 unspecified atom stereocenters. The first-order valence-corrected chi connectivity index (χ1v) is 11.5. The van der Waals surface area contributed by atoms with Gasteiger partial charge in [-0.2, -0.15) is 0 Å². The van der Waals surface area contributed by atoms with Crippen LogP contribution in [0.1, 0.15) is 43.6 Å². The van der Waals surface area contributed by atoms with E-state index in [4.69, 9.17) is 23.2 Å². The average Bonchev–Trinajstić information content (AvgIpc) is 2.75. The van der Waals surface area contributed by atoms with Gasteiger partial charge in [-0.15, -0.1) is 11.6 Å². The smallest absolute Gasteiger partial charge is 0.228 e. The van der Waals surface area contributed by atoms with Crippen LogP contribution in [0, 0.1) is 0 Å². The number of carbonyl (C=O) groups excluding carboxylic acids is 1. The van der Waals surface area contributed by atoms with E-state index in [0.29, 0.717) is 24.3 Å². The molecule has 0 N–H and O–H groups in total. The first-order chi connectivity index (χ1) is 14.2. The largest absolute Gasteiger partial charge is 0.309 e. The van der Waals surface area contributed by atoms with Crippen LogP contribution < -0.4 is 4.90 Å². The Morgan fingerprint density at radius 2 is 1.79 bits per heavy atom. The third-order valence-electron chi connectivity index (χ3n) is 6.43. The first kappa shape index (κ1) is 20.7. The second-order valence-corrected chi connectivity index (χ2v) is 8.95. The van der Waals surface area contributed by atoms with Crippen LogP contribution in [0.2, 0.25) is 5.02 Å². The van der Waals surface area contributed by atoms with Gasteiger partial charge in [0.2, 0.25) is 5.91 Å². The molecule has 0 bridgehead atoms. The van der Waals surface area contributed by atoms with Crippen molar-refractivity contribution in [1.29, 1.82) is 0 Å². The molecule has 2 fully saturated rings. The summed E-state index contributed by atoms with van der Waals surface area (Å²) < 4.78 is 0. The van der Waals surface area contributed by atoms with Crippen molar-refractivity contribution < 1.29 is 4.79 Å². The van der Waals surface area contributed by atoms with E-state index < -0.39 is 0 Å². The number of benzene rings is 2. The molecule has 3 nitrogen and oxygen atoms in total. The maximum atomic E-state index is 12.9. The predicted octanol–water partition coefficient (Wildman–Crippen LogP) is 5.71. The number of hydrogen-bond acceptors (Lipinski definition) is 2. The number of piperidine rings is 2. The Kier molecular flexibility index (Phi) is 6.79. The summed E-state index contributed by atoms with van der Waals surface area (Å²) in [6, 6.07) is 19.1. The summed E-state index contributed by atoms with van der Waals surface area (Å²) in [5.41, 5.74) is 2.27. The van der Waals surface area contributed by atoms with E-state index in [1.165, 1.54) is 5.56 Å². The molecular formula is C24H28Cl2N2O. The van der Waals surface area contributed by atoms with E-state index in [1.54, 1.807) is 0 Å². The van der Waals surface area contributed by atoms with Gasteiger partial charge in [0.25, 0.3) is 0 Å². The summed E-state index contributed by atoms with van der Waals surface area (Å²) >= 11 is 12.4. The Labute approximate surface area is 183 Å². The number of hydrogen-bond donors (Lipinski definition) is 0. The highest BCUT2D eigenvalue weighted by Crippen LogP contribution is 2.38. The van der Waals surface area contributed by atoms with Crippen molar-refractivity contribution in [2.75, 3.05) is 23.9 Å². The van der Waals surface area contributed by atoms with Crippen molar-refractivity contribution in [3.63, 3.8) is 0 Å². The molecule has 0 aliphatic carbocycles. The van der Waals surface area contributed by atoms with Crippen LogP contribution in [-0.2, 0) is 4.79 Å². The van der Waals surface area contributed by atoms with Crippen molar-refractivity contribution in [2.24, 2.45) is 0 Å². The number of para-hydroxylation sites is 1. The van der Waals surface area contributed by atoms with Crippen LogP contribution >= 0.6 is 23.2 Å². The molecule has 1 amide bonds. The molecule has 4 rings (SSSR count). The number of rotatable bonds is 5. The van der Waals surface area contributed by atoms with Crippen LogP contribution in [0.4, 0.5) is 5.69 Å². The fraction of sp³-hybridized carbons (Fsp3) is 0.458. The van der Waals surface area contributed by atoms with Crippen LogP contribution in [0.5, 0.6) is 0 Å². The van der Waals surface area contributed by atoms with E-state index in [9.17, 15) is 4.79 Å². The summed E-state index contributed by atoms with van der Waals surface area (Å²) in [4.78, 5) is 17.5. The predicted molar refractivity (Wildman–Crippen MR) is 121 cm³/mol. The second-order valence-electron chi connectivity index (χ2n) is 8.16. The zero-order chi connectivity index (χ0) is 20.2. The Morgan fingerprint density at radius 3 is 2.55 bits per heavy atom. The SMILES string of the molecule is O=C(CCCl)N(c1ccccc1)[C@@H]1CCN2C[C@@H](c3ccccc3Cl)CC[C@@H]2C1. The molecule has 0 spiro atoms. The van der Waals surface area contributed by atoms with Crippen molar-refractivity contribution in [3.8, 4) is 0 Å². The van der Waals surface area contributed by atoms with Gasteiger partial charge in [0.05, 0.1) is 0 Å². The van der Waals surface area contributed by atoms with Crippen molar-refractivity contribution in [3.05, 3.63) is 65.2 Å². The highest BCUT2D eigenvalue weighted by molar-refractivity contribution is 6.31. The topological polar surface area (TPSA) is 23.6 Å². The lowest BCUT2D eigenvalue weighted by Crippen LogP contribution is -2.54. The highest BCUT2D eigenvalue weighted by atomic mass is 35.5. The van der Waals surface area contributed by atoms with E-state index >= 15 is 0 Å². The number of amides is 1. The van der Waals surface area contributed by atoms with Crippen molar-refractivity contribution in [1.82, 2.24) is 4.90 Å². The molecule has 5 heteroatoms. The lowest BCUT2D eigenvalue weighted by Gasteiger charge is -2.47. The van der Waals surface area contributed by atoms with Gasteiger partial charge in [0, 0.05) is 48.2 Å². The molecule has 0 radical (unpaired) electrons. The maximum Gasteiger partial charge on any atom is 0.228 e. The quantitative estimate of drug-likeness (QED) is 0.566. The number of anilines is 1. The first-order valence-electron chi connectivity index (χ1n) is 10.6. The van der Waals surface area contributed by atoms with Crippen LogP contribution in [0.25, 0.3) is 0 Å². The van der Waals surface area contributed by atoms with Gasteiger partial charge in [-0.1, -0.05) is 48.0 Å². The van der Waals surface area contributed by atoms with Gasteiger partial charge in [-0.3, -0.25) is 9.69 Å². The van der Waals surface area contributed by atoms with Gasteiger partial charge in [-0.05, 0) is 55.4 Å². The van der Waals surface area contributed by atoms with Gasteiger partial charge < -0.3 is 4.90 Å². The Balaban J connectivity index is 1.47. The number of fused-ring (bicyclic) bond motifs is 1. The summed E-state index contributed by atoms with van der Waals surface area (Å²) in [6.07, 6.45) is 4.71. The van der Waals surface area contributed by atoms with Gasteiger partial charge in [0.15, 0.2) is 0 Å². The normalized spacial score (nSPS) is 24.7. The van der Waals surface area contributed by atoms with Gasteiger partial charge >= 0.3 is 0 Å². The Bertz CT molecular complexity index is 829. The molecular weight excluding hydrogens is 403 g/mol. The van der Waals surface area contributed by atoms with Crippen molar-refractivity contribution >= 4 is 34.8 Å². The summed E-state index contributed by atoms with van der Waals surface area (Å²) in [7, 11) is 0. The number of carbonyl (C=O) groups is 1. The van der Waals surface area contributed by atoms with Crippen LogP contribution in [-0.4, -0.2) is 41.9 Å². The molecule has 2 aliphatic heterocycles. The second kappa shape index (κ2) is 9.51. The molecule has 154 valence electrons. The monoisotopic (exact) mass is 430 g/mol. The summed E-state index contributed by atoms with van der Waals surface area (Å²) in [6.45, 7) is 2.08. The lowest BCUT2D eigenvalue weighted by molar-refractivity contribution is -0.119. The van der Waals surface area contributed by atoms with E-state index in [1.807, 2.05) is 47.4 Å². The molecule has 0 saturated carbocycles. The summed E-state index contributed by atoms with van der Waals surface area (Å²) in [5.74, 6) is 0.998. The molecule has 2 saturated heterocycles. The Morgan fingerprint density at radius 1 is 1.03 bits per heavy atom. The fourth-order valence-electron chi connectivity index (χ4n) is 5.03. The molecule has 0 aromatic heterocycles.